The molecule has 0 unspecified atom stereocenters. The van der Waals surface area contributed by atoms with Gasteiger partial charge in [0.05, 0.1) is 24.7 Å². The minimum absolute atomic E-state index is 0.00478. The van der Waals surface area contributed by atoms with Gasteiger partial charge in [-0.2, -0.15) is 0 Å². The Bertz CT molecular complexity index is 1140. The van der Waals surface area contributed by atoms with E-state index in [1.807, 2.05) is 0 Å². The molecule has 0 aromatic carbocycles. The van der Waals surface area contributed by atoms with Crippen LogP contribution in [-0.2, 0) is 33.2 Å². The first-order chi connectivity index (χ1) is 23.5. The van der Waals surface area contributed by atoms with Crippen molar-refractivity contribution in [3.05, 3.63) is 0 Å². The molecule has 0 radical (unpaired) electrons. The number of hydrogen-bond donors (Lipinski definition) is 15. The number of aliphatic hydroxyl groups excluding tert-OH is 7. The Kier molecular flexibility index (Phi) is 12.7. The lowest BCUT2D eigenvalue weighted by atomic mass is 9.75. The molecule has 0 spiro atoms. The first kappa shape index (κ1) is 39.9. The second kappa shape index (κ2) is 16.0. The van der Waals surface area contributed by atoms with E-state index >= 15 is 0 Å². The van der Waals surface area contributed by atoms with Crippen LogP contribution in [0.15, 0.2) is 0 Å². The number of ether oxygens (including phenoxy) is 6. The van der Waals surface area contributed by atoms with E-state index in [-0.39, 0.29) is 38.4 Å². The van der Waals surface area contributed by atoms with E-state index in [1.54, 1.807) is 0 Å². The smallest absolute Gasteiger partial charge is 0.252 e. The molecule has 2 saturated carbocycles. The van der Waals surface area contributed by atoms with E-state index in [4.69, 9.17) is 62.8 Å². The Labute approximate surface area is 286 Å². The highest BCUT2D eigenvalue weighted by Gasteiger charge is 2.56. The second-order valence-corrected chi connectivity index (χ2v) is 13.9. The number of hydrogen-bond acceptors (Lipinski definition) is 21. The highest BCUT2D eigenvalue weighted by Crippen LogP contribution is 2.36. The van der Waals surface area contributed by atoms with E-state index < -0.39 is 134 Å². The Morgan fingerprint density at radius 2 is 1.16 bits per heavy atom. The molecule has 5 aliphatic rings. The van der Waals surface area contributed by atoms with Crippen molar-refractivity contribution >= 4 is 5.91 Å². The number of aliphatic hydroxyl groups is 8. The third-order valence-electron chi connectivity index (χ3n) is 10.3. The summed E-state index contributed by atoms with van der Waals surface area (Å²) in [5, 5.41) is 87.8. The van der Waals surface area contributed by atoms with Crippen LogP contribution < -0.4 is 39.7 Å². The fourth-order valence-electron chi connectivity index (χ4n) is 7.15. The highest BCUT2D eigenvalue weighted by molar-refractivity contribution is 5.86. The summed E-state index contributed by atoms with van der Waals surface area (Å²) in [4.78, 5) is 13.0. The first-order valence-electron chi connectivity index (χ1n) is 16.6. The molecule has 5 fully saturated rings. The van der Waals surface area contributed by atoms with Crippen LogP contribution >= 0.6 is 0 Å². The third-order valence-corrected chi connectivity index (χ3v) is 10.3. The average molecular weight is 728 g/mol. The molecule has 3 heterocycles. The number of amides is 1. The summed E-state index contributed by atoms with van der Waals surface area (Å²) in [7, 11) is 0. The summed E-state index contributed by atoms with van der Waals surface area (Å²) in [6.07, 6.45) is -21.6. The molecule has 22 nitrogen and oxygen atoms in total. The Morgan fingerprint density at radius 1 is 0.680 bits per heavy atom. The van der Waals surface area contributed by atoms with Crippen molar-refractivity contribution in [2.24, 2.45) is 34.4 Å². The number of carbonyl (C=O) groups excluding carboxylic acids is 1. The Morgan fingerprint density at radius 3 is 1.64 bits per heavy atom. The van der Waals surface area contributed by atoms with E-state index in [2.05, 4.69) is 5.32 Å². The minimum Gasteiger partial charge on any atom is -0.394 e. The molecule has 1 amide bonds. The van der Waals surface area contributed by atoms with E-state index in [1.165, 1.54) is 0 Å². The lowest BCUT2D eigenvalue weighted by molar-refractivity contribution is -0.307. The van der Waals surface area contributed by atoms with Crippen LogP contribution in [0.3, 0.4) is 0 Å². The van der Waals surface area contributed by atoms with Crippen molar-refractivity contribution in [2.75, 3.05) is 19.7 Å². The number of nitrogens with two attached hydrogens (primary N) is 6. The minimum atomic E-state index is -1.76. The van der Waals surface area contributed by atoms with Gasteiger partial charge in [0.1, 0.15) is 78.8 Å². The van der Waals surface area contributed by atoms with Gasteiger partial charge >= 0.3 is 0 Å². The molecule has 2 aliphatic carbocycles. The molecular formula is C28H53N7O15. The maximum absolute atomic E-state index is 13.0. The molecule has 19 atom stereocenters. The predicted molar refractivity (Wildman–Crippen MR) is 164 cm³/mol. The molecule has 3 saturated heterocycles. The predicted octanol–water partition coefficient (Wildman–Crippen LogP) is -9.89. The standard InChI is InChI=1S/C28H53N7O15/c29-4-10-16(38)18(40)13(33)24(45-10)48-21-8(32)1-9(35-27(43)28(44)2-7(31)3-28)15(37)23(21)50-26-20(42)22(12(6-36)47-26)49-25-14(34)19(41)17(39)11(5-30)46-25/h7-26,36-42,44H,1-6,29-34H2,(H,35,43)/t7?,8-,9+,10+,11-,12+,13+,14+,15-,16+,17+,18-,19+,20+,21+,22+,23+,24+,25+,26-,28?/m0/s1. The monoisotopic (exact) mass is 727 g/mol. The third kappa shape index (κ3) is 7.67. The number of carbonyl (C=O) groups is 1. The van der Waals surface area contributed by atoms with Crippen LogP contribution in [0.25, 0.3) is 0 Å². The van der Waals surface area contributed by atoms with Gasteiger partial charge in [-0.1, -0.05) is 0 Å². The summed E-state index contributed by atoms with van der Waals surface area (Å²) in [5.41, 5.74) is 34.0. The lowest BCUT2D eigenvalue weighted by Gasteiger charge is -2.48. The highest BCUT2D eigenvalue weighted by atomic mass is 16.8. The molecule has 50 heavy (non-hydrogen) atoms. The summed E-state index contributed by atoms with van der Waals surface area (Å²) >= 11 is 0. The first-order valence-corrected chi connectivity index (χ1v) is 16.6. The maximum atomic E-state index is 13.0. The van der Waals surface area contributed by atoms with Gasteiger partial charge in [0.15, 0.2) is 18.9 Å². The normalized spacial score (nSPS) is 52.8. The molecule has 22 heteroatoms. The summed E-state index contributed by atoms with van der Waals surface area (Å²) in [5.74, 6) is -0.799. The number of nitrogens with one attached hydrogen (secondary N) is 1. The lowest BCUT2D eigenvalue weighted by Crippen LogP contribution is -2.70. The van der Waals surface area contributed by atoms with Crippen molar-refractivity contribution in [3.63, 3.8) is 0 Å². The van der Waals surface area contributed by atoms with E-state index in [0.29, 0.717) is 0 Å². The van der Waals surface area contributed by atoms with Crippen LogP contribution in [-0.4, -0.2) is 194 Å². The summed E-state index contributed by atoms with van der Waals surface area (Å²) < 4.78 is 35.1. The van der Waals surface area contributed by atoms with Crippen LogP contribution in [0.5, 0.6) is 0 Å². The van der Waals surface area contributed by atoms with Crippen molar-refractivity contribution < 1.29 is 74.1 Å². The Hall–Kier alpha value is -1.33. The topological polar surface area (TPSA) is 402 Å². The Balaban J connectivity index is 1.36. The number of rotatable bonds is 11. The zero-order valence-electron chi connectivity index (χ0n) is 27.2. The van der Waals surface area contributed by atoms with Gasteiger partial charge in [0, 0.05) is 38.0 Å². The van der Waals surface area contributed by atoms with Gasteiger partial charge in [-0.05, 0) is 6.42 Å². The van der Waals surface area contributed by atoms with Crippen molar-refractivity contribution in [2.45, 2.75) is 147 Å². The summed E-state index contributed by atoms with van der Waals surface area (Å²) in [6, 6.07) is -5.20. The molecule has 0 aromatic rings. The van der Waals surface area contributed by atoms with Gasteiger partial charge in [0.25, 0.3) is 5.91 Å². The second-order valence-electron chi connectivity index (χ2n) is 13.9. The van der Waals surface area contributed by atoms with Gasteiger partial charge in [-0.3, -0.25) is 4.79 Å². The maximum Gasteiger partial charge on any atom is 0.252 e. The molecule has 0 aromatic heterocycles. The van der Waals surface area contributed by atoms with Gasteiger partial charge < -0.3 is 109 Å². The average Bonchev–Trinajstić information content (AvgIpc) is 3.37. The van der Waals surface area contributed by atoms with Gasteiger partial charge in [-0.25, -0.2) is 0 Å². The summed E-state index contributed by atoms with van der Waals surface area (Å²) in [6.45, 7) is -1.14. The zero-order chi connectivity index (χ0) is 36.8. The molecular weight excluding hydrogens is 674 g/mol. The van der Waals surface area contributed by atoms with Gasteiger partial charge in [0.2, 0.25) is 0 Å². The molecule has 0 bridgehead atoms. The SMILES string of the molecule is NC[C@@H]1O[C@H](O[C@H]2[C@@H](O)[C@H](O[C@@H]3[C@@H](O)[C@H](NC(=O)C4(O)CC(N)C4)C[C@H](N)[C@H]3O[C@H]3O[C@H](CN)[C@@H](O)[C@@H](O)[C@H]3N)O[C@@H]2CO)[C@H](N)[C@@H](O)[C@@H]1O. The van der Waals surface area contributed by atoms with Crippen LogP contribution in [0, 0.1) is 0 Å². The molecule has 290 valence electrons. The van der Waals surface area contributed by atoms with Crippen LogP contribution in [0.1, 0.15) is 19.3 Å². The fraction of sp³-hybridized carbons (Fsp3) is 0.964. The van der Waals surface area contributed by atoms with Crippen LogP contribution in [0.4, 0.5) is 0 Å². The van der Waals surface area contributed by atoms with E-state index in [9.17, 15) is 45.6 Å². The molecule has 21 N–H and O–H groups in total. The van der Waals surface area contributed by atoms with Gasteiger partial charge in [-0.15, -0.1) is 0 Å². The van der Waals surface area contributed by atoms with Crippen molar-refractivity contribution in [3.8, 4) is 0 Å². The molecule has 3 aliphatic heterocycles. The fourth-order valence-corrected chi connectivity index (χ4v) is 7.15. The quantitative estimate of drug-likeness (QED) is 0.0939. The van der Waals surface area contributed by atoms with Crippen molar-refractivity contribution in [1.29, 1.82) is 0 Å². The van der Waals surface area contributed by atoms with E-state index in [0.717, 1.165) is 0 Å². The van der Waals surface area contributed by atoms with Crippen LogP contribution in [0.2, 0.25) is 0 Å². The zero-order valence-corrected chi connectivity index (χ0v) is 27.2. The molecule has 5 rings (SSSR count). The van der Waals surface area contributed by atoms with Crippen molar-refractivity contribution in [1.82, 2.24) is 5.32 Å². The largest absolute Gasteiger partial charge is 0.394 e.